The summed E-state index contributed by atoms with van der Waals surface area (Å²) in [6, 6.07) is 0. The van der Waals surface area contributed by atoms with E-state index in [4.69, 9.17) is 18.9 Å². The highest BCUT2D eigenvalue weighted by Gasteiger charge is 2.63. The van der Waals surface area contributed by atoms with Gasteiger partial charge in [-0.25, -0.2) is 0 Å². The van der Waals surface area contributed by atoms with Gasteiger partial charge in [0.2, 0.25) is 12.6 Å². The Morgan fingerprint density at radius 1 is 0.500 bits per heavy atom. The zero-order chi connectivity index (χ0) is 23.3. The van der Waals surface area contributed by atoms with E-state index in [0.717, 1.165) is 0 Å². The summed E-state index contributed by atoms with van der Waals surface area (Å²) in [5.74, 6) is 0. The maximum atomic E-state index is 12.9. The summed E-state index contributed by atoms with van der Waals surface area (Å²) in [5.41, 5.74) is 0. The Balaban J connectivity index is 1.53. The number of rotatable bonds is 9. The molecule has 32 heavy (non-hydrogen) atoms. The Hall–Kier alpha value is -0.420. The molecule has 4 rings (SSSR count). The van der Waals surface area contributed by atoms with Crippen LogP contribution in [0.2, 0.25) is 0 Å². The minimum atomic E-state index is -3.68. The summed E-state index contributed by atoms with van der Waals surface area (Å²) in [7, 11) is -7.36. The SMILES string of the molecule is CCCN1C2OC(C3OC4C(O3)N(CCC)S(=O)(=O)N4CCC)OC2N(CCC)S1(=O)=O. The molecule has 0 spiro atoms. The maximum Gasteiger partial charge on any atom is 0.286 e. The topological polar surface area (TPSA) is 118 Å². The molecular formula is C18H34N4O8S2. The van der Waals surface area contributed by atoms with Crippen molar-refractivity contribution < 1.29 is 35.8 Å². The molecule has 0 aliphatic carbocycles. The van der Waals surface area contributed by atoms with Crippen molar-refractivity contribution in [2.24, 2.45) is 0 Å². The van der Waals surface area contributed by atoms with Crippen LogP contribution < -0.4 is 0 Å². The van der Waals surface area contributed by atoms with Crippen LogP contribution >= 0.6 is 0 Å². The summed E-state index contributed by atoms with van der Waals surface area (Å²) in [5, 5.41) is 0. The van der Waals surface area contributed by atoms with Gasteiger partial charge in [-0.05, 0) is 25.7 Å². The van der Waals surface area contributed by atoms with Gasteiger partial charge in [-0.1, -0.05) is 27.7 Å². The fourth-order valence-electron chi connectivity index (χ4n) is 4.63. The summed E-state index contributed by atoms with van der Waals surface area (Å²) >= 11 is 0. The van der Waals surface area contributed by atoms with Crippen LogP contribution in [-0.4, -0.2) is 97.7 Å². The normalized spacial score (nSPS) is 39.6. The van der Waals surface area contributed by atoms with Crippen molar-refractivity contribution in [1.29, 1.82) is 0 Å². The number of fused-ring (bicyclic) bond motifs is 2. The average Bonchev–Trinajstić information content (AvgIpc) is 3.43. The molecule has 0 amide bonds. The minimum Gasteiger partial charge on any atom is -0.324 e. The lowest BCUT2D eigenvalue weighted by Crippen LogP contribution is -2.43. The second kappa shape index (κ2) is 9.32. The summed E-state index contributed by atoms with van der Waals surface area (Å²) in [4.78, 5) is 0. The molecule has 4 saturated heterocycles. The first-order valence-corrected chi connectivity index (χ1v) is 14.2. The van der Waals surface area contributed by atoms with Crippen molar-refractivity contribution >= 4 is 20.4 Å². The van der Waals surface area contributed by atoms with Crippen LogP contribution in [0.25, 0.3) is 0 Å². The van der Waals surface area contributed by atoms with E-state index in [9.17, 15) is 16.8 Å². The van der Waals surface area contributed by atoms with Crippen LogP contribution in [0.3, 0.4) is 0 Å². The summed E-state index contributed by atoms with van der Waals surface area (Å²) < 4.78 is 81.0. The molecule has 0 aromatic heterocycles. The molecule has 0 bridgehead atoms. The van der Waals surface area contributed by atoms with Gasteiger partial charge in [0.05, 0.1) is 0 Å². The third-order valence-corrected chi connectivity index (χ3v) is 9.83. The molecule has 0 N–H and O–H groups in total. The third kappa shape index (κ3) is 3.82. The molecular weight excluding hydrogens is 464 g/mol. The van der Waals surface area contributed by atoms with E-state index in [1.54, 1.807) is 0 Å². The molecule has 0 aromatic rings. The second-order valence-corrected chi connectivity index (χ2v) is 12.0. The molecule has 4 aliphatic heterocycles. The monoisotopic (exact) mass is 498 g/mol. The lowest BCUT2D eigenvalue weighted by Gasteiger charge is -2.27. The standard InChI is InChI=1S/C18H34N4O8S2/c1-5-9-19-13-14(20(10-6-2)31(19,23)24)28-17(27-13)18-29-15-16(30-18)22(12-8-4)32(25,26)21(15)11-7-3/h13-18H,5-12H2,1-4H3. The maximum absolute atomic E-state index is 12.9. The molecule has 0 aromatic carbocycles. The molecule has 4 heterocycles. The first kappa shape index (κ1) is 24.7. The fraction of sp³-hybridized carbons (Fsp3) is 1.00. The average molecular weight is 499 g/mol. The highest BCUT2D eigenvalue weighted by Crippen LogP contribution is 2.42. The van der Waals surface area contributed by atoms with Crippen molar-refractivity contribution in [3.63, 3.8) is 0 Å². The van der Waals surface area contributed by atoms with Gasteiger partial charge in [0.1, 0.15) is 0 Å². The lowest BCUT2D eigenvalue weighted by molar-refractivity contribution is -0.237. The van der Waals surface area contributed by atoms with E-state index in [1.165, 1.54) is 17.2 Å². The van der Waals surface area contributed by atoms with Crippen molar-refractivity contribution in [2.75, 3.05) is 26.2 Å². The molecule has 186 valence electrons. The molecule has 4 atom stereocenters. The summed E-state index contributed by atoms with van der Waals surface area (Å²) in [6.07, 6.45) is -2.62. The Morgan fingerprint density at radius 3 is 0.906 bits per heavy atom. The largest absolute Gasteiger partial charge is 0.324 e. The lowest BCUT2D eigenvalue weighted by atomic mass is 10.4. The highest BCUT2D eigenvalue weighted by molar-refractivity contribution is 7.87. The number of ether oxygens (including phenoxy) is 4. The van der Waals surface area contributed by atoms with Gasteiger partial charge in [0, 0.05) is 26.2 Å². The fourth-order valence-corrected chi connectivity index (χ4v) is 8.48. The van der Waals surface area contributed by atoms with Crippen LogP contribution in [-0.2, 0) is 39.4 Å². The van der Waals surface area contributed by atoms with Crippen molar-refractivity contribution in [1.82, 2.24) is 17.2 Å². The van der Waals surface area contributed by atoms with Gasteiger partial charge in [-0.2, -0.15) is 34.1 Å². The van der Waals surface area contributed by atoms with Crippen LogP contribution in [0.15, 0.2) is 0 Å². The molecule has 12 nitrogen and oxygen atoms in total. The molecule has 4 aliphatic rings. The smallest absolute Gasteiger partial charge is 0.286 e. The van der Waals surface area contributed by atoms with E-state index in [2.05, 4.69) is 0 Å². The van der Waals surface area contributed by atoms with Crippen LogP contribution in [0.4, 0.5) is 0 Å². The second-order valence-electron chi connectivity index (χ2n) is 8.30. The van der Waals surface area contributed by atoms with Crippen LogP contribution in [0, 0.1) is 0 Å². The van der Waals surface area contributed by atoms with Gasteiger partial charge < -0.3 is 18.9 Å². The number of hydrogen-bond donors (Lipinski definition) is 0. The predicted molar refractivity (Wildman–Crippen MR) is 113 cm³/mol. The molecule has 0 radical (unpaired) electrons. The predicted octanol–water partition coefficient (Wildman–Crippen LogP) is 0.401. The van der Waals surface area contributed by atoms with Crippen molar-refractivity contribution in [3.05, 3.63) is 0 Å². The van der Waals surface area contributed by atoms with Gasteiger partial charge in [0.15, 0.2) is 24.9 Å². The van der Waals surface area contributed by atoms with Gasteiger partial charge >= 0.3 is 0 Å². The molecule has 14 heteroatoms. The van der Waals surface area contributed by atoms with E-state index < -0.39 is 57.9 Å². The minimum absolute atomic E-state index is 0.310. The van der Waals surface area contributed by atoms with Crippen molar-refractivity contribution in [2.45, 2.75) is 90.9 Å². The van der Waals surface area contributed by atoms with E-state index in [1.807, 2.05) is 27.7 Å². The van der Waals surface area contributed by atoms with Gasteiger partial charge in [0.25, 0.3) is 20.4 Å². The Kier molecular flexibility index (Phi) is 7.19. The number of hydrogen-bond acceptors (Lipinski definition) is 8. The Labute approximate surface area is 190 Å². The quantitative estimate of drug-likeness (QED) is 0.448. The molecule has 0 saturated carbocycles. The first-order chi connectivity index (χ1) is 15.2. The van der Waals surface area contributed by atoms with Crippen LogP contribution in [0.1, 0.15) is 53.4 Å². The Morgan fingerprint density at radius 2 is 0.719 bits per heavy atom. The first-order valence-electron chi connectivity index (χ1n) is 11.4. The van der Waals surface area contributed by atoms with E-state index in [0.29, 0.717) is 51.9 Å². The zero-order valence-electron chi connectivity index (χ0n) is 19.0. The molecule has 4 fully saturated rings. The molecule has 4 unspecified atom stereocenters. The Bertz CT molecular complexity index is 759. The highest BCUT2D eigenvalue weighted by atomic mass is 32.2. The van der Waals surface area contributed by atoms with Gasteiger partial charge in [-0.3, -0.25) is 0 Å². The number of nitrogens with zero attached hydrogens (tertiary/aromatic N) is 4. The van der Waals surface area contributed by atoms with E-state index in [-0.39, 0.29) is 0 Å². The third-order valence-electron chi connectivity index (χ3n) is 5.90. The van der Waals surface area contributed by atoms with Crippen molar-refractivity contribution in [3.8, 4) is 0 Å². The van der Waals surface area contributed by atoms with Gasteiger partial charge in [-0.15, -0.1) is 0 Å². The van der Waals surface area contributed by atoms with E-state index >= 15 is 0 Å². The summed E-state index contributed by atoms with van der Waals surface area (Å²) in [6.45, 7) is 8.83. The van der Waals surface area contributed by atoms with Crippen LogP contribution in [0.5, 0.6) is 0 Å². The zero-order valence-corrected chi connectivity index (χ0v) is 20.6.